The fraction of sp³-hybridized carbons (Fsp3) is 0.214. The number of hydrogen-bond donors (Lipinski definition) is 2. The van der Waals surface area contributed by atoms with E-state index in [1.54, 1.807) is 18.2 Å². The number of carbonyl (C=O) groups excluding carboxylic acids is 1. The first-order chi connectivity index (χ1) is 9.95. The number of aromatic nitrogens is 2. The van der Waals surface area contributed by atoms with Crippen molar-refractivity contribution in [1.82, 2.24) is 9.97 Å². The van der Waals surface area contributed by atoms with Crippen LogP contribution in [0.4, 0.5) is 11.6 Å². The van der Waals surface area contributed by atoms with Gasteiger partial charge < -0.3 is 10.6 Å². The summed E-state index contributed by atoms with van der Waals surface area (Å²) in [6.07, 6.45) is 2.91. The maximum Gasteiger partial charge on any atom is 0.258 e. The highest BCUT2D eigenvalue weighted by Gasteiger charge is 2.10. The van der Waals surface area contributed by atoms with Crippen molar-refractivity contribution in [3.05, 3.63) is 46.2 Å². The van der Waals surface area contributed by atoms with Gasteiger partial charge >= 0.3 is 0 Å². The molecule has 2 aromatic rings. The summed E-state index contributed by atoms with van der Waals surface area (Å²) in [4.78, 5) is 20.2. The highest BCUT2D eigenvalue weighted by molar-refractivity contribution is 6.36. The minimum atomic E-state index is -0.338. The zero-order valence-corrected chi connectivity index (χ0v) is 13.0. The standard InChI is InChI=1S/C14H14Cl2N4O/c1-8(2)19-14-17-6-9(7-18-14)13(21)20-12-4-3-10(15)5-11(12)16/h3-8H,1-2H3,(H,20,21)(H,17,18,19). The molecule has 0 aliphatic heterocycles. The van der Waals surface area contributed by atoms with Gasteiger partial charge in [-0.3, -0.25) is 4.79 Å². The zero-order valence-electron chi connectivity index (χ0n) is 11.5. The van der Waals surface area contributed by atoms with Crippen LogP contribution in [0.15, 0.2) is 30.6 Å². The van der Waals surface area contributed by atoms with Crippen molar-refractivity contribution in [2.24, 2.45) is 0 Å². The van der Waals surface area contributed by atoms with Crippen LogP contribution in [0.2, 0.25) is 10.0 Å². The summed E-state index contributed by atoms with van der Waals surface area (Å²) in [6, 6.07) is 5.07. The molecule has 2 N–H and O–H groups in total. The molecule has 0 aliphatic rings. The van der Waals surface area contributed by atoms with Crippen LogP contribution in [-0.2, 0) is 0 Å². The Morgan fingerprint density at radius 2 is 1.86 bits per heavy atom. The highest BCUT2D eigenvalue weighted by Crippen LogP contribution is 2.25. The van der Waals surface area contributed by atoms with E-state index < -0.39 is 0 Å². The molecule has 1 aromatic heterocycles. The normalized spacial score (nSPS) is 10.5. The average Bonchev–Trinajstić information content (AvgIpc) is 2.42. The number of nitrogens with zero attached hydrogens (tertiary/aromatic N) is 2. The molecule has 0 aliphatic carbocycles. The molecule has 2 rings (SSSR count). The largest absolute Gasteiger partial charge is 0.352 e. The summed E-state index contributed by atoms with van der Waals surface area (Å²) >= 11 is 11.8. The number of carbonyl (C=O) groups is 1. The van der Waals surface area contributed by atoms with Gasteiger partial charge in [0, 0.05) is 23.5 Å². The van der Waals surface area contributed by atoms with Crippen molar-refractivity contribution in [3.63, 3.8) is 0 Å². The van der Waals surface area contributed by atoms with Gasteiger partial charge in [-0.25, -0.2) is 9.97 Å². The topological polar surface area (TPSA) is 66.9 Å². The van der Waals surface area contributed by atoms with E-state index in [-0.39, 0.29) is 11.9 Å². The Morgan fingerprint density at radius 1 is 1.19 bits per heavy atom. The Bertz CT molecular complexity index is 644. The second-order valence-corrected chi connectivity index (χ2v) is 5.52. The molecule has 7 heteroatoms. The summed E-state index contributed by atoms with van der Waals surface area (Å²) in [7, 11) is 0. The van der Waals surface area contributed by atoms with Crippen molar-refractivity contribution >= 4 is 40.7 Å². The minimum Gasteiger partial charge on any atom is -0.352 e. The van der Waals surface area contributed by atoms with Crippen LogP contribution in [0.3, 0.4) is 0 Å². The Balaban J connectivity index is 2.09. The molecule has 1 aromatic carbocycles. The summed E-state index contributed by atoms with van der Waals surface area (Å²) in [5.41, 5.74) is 0.825. The summed E-state index contributed by atoms with van der Waals surface area (Å²) in [6.45, 7) is 3.96. The SMILES string of the molecule is CC(C)Nc1ncc(C(=O)Nc2ccc(Cl)cc2Cl)cn1. The van der Waals surface area contributed by atoms with Gasteiger partial charge in [0.1, 0.15) is 0 Å². The Labute approximate surface area is 132 Å². The summed E-state index contributed by atoms with van der Waals surface area (Å²) < 4.78 is 0. The molecule has 0 saturated carbocycles. The molecule has 5 nitrogen and oxygen atoms in total. The molecule has 0 bridgehead atoms. The quantitative estimate of drug-likeness (QED) is 0.896. The molecule has 1 heterocycles. The lowest BCUT2D eigenvalue weighted by Gasteiger charge is -2.09. The Morgan fingerprint density at radius 3 is 2.43 bits per heavy atom. The molecule has 21 heavy (non-hydrogen) atoms. The van der Waals surface area contributed by atoms with Crippen LogP contribution >= 0.6 is 23.2 Å². The van der Waals surface area contributed by atoms with Crippen LogP contribution < -0.4 is 10.6 Å². The van der Waals surface area contributed by atoms with Crippen molar-refractivity contribution in [2.45, 2.75) is 19.9 Å². The molecule has 0 atom stereocenters. The zero-order chi connectivity index (χ0) is 15.4. The van der Waals surface area contributed by atoms with E-state index in [9.17, 15) is 4.79 Å². The van der Waals surface area contributed by atoms with Gasteiger partial charge in [0.15, 0.2) is 0 Å². The number of nitrogens with one attached hydrogen (secondary N) is 2. The molecular weight excluding hydrogens is 311 g/mol. The molecule has 0 unspecified atom stereocenters. The number of rotatable bonds is 4. The molecular formula is C14H14Cl2N4O. The molecule has 0 radical (unpaired) electrons. The molecule has 110 valence electrons. The van der Waals surface area contributed by atoms with Crippen molar-refractivity contribution < 1.29 is 4.79 Å². The maximum absolute atomic E-state index is 12.1. The molecule has 1 amide bonds. The van der Waals surface area contributed by atoms with Crippen LogP contribution in [0.5, 0.6) is 0 Å². The van der Waals surface area contributed by atoms with E-state index in [1.165, 1.54) is 12.4 Å². The molecule has 0 saturated heterocycles. The first-order valence-corrected chi connectivity index (χ1v) is 7.06. The fourth-order valence-corrected chi connectivity index (χ4v) is 2.02. The first-order valence-electron chi connectivity index (χ1n) is 6.30. The van der Waals surface area contributed by atoms with E-state index in [4.69, 9.17) is 23.2 Å². The maximum atomic E-state index is 12.1. The van der Waals surface area contributed by atoms with E-state index >= 15 is 0 Å². The number of hydrogen-bond acceptors (Lipinski definition) is 4. The van der Waals surface area contributed by atoms with Gasteiger partial charge in [0.25, 0.3) is 5.91 Å². The van der Waals surface area contributed by atoms with Gasteiger partial charge in [0.05, 0.1) is 16.3 Å². The van der Waals surface area contributed by atoms with E-state index in [0.717, 1.165) is 0 Å². The van der Waals surface area contributed by atoms with Crippen LogP contribution in [-0.4, -0.2) is 21.9 Å². The second-order valence-electron chi connectivity index (χ2n) is 4.67. The monoisotopic (exact) mass is 324 g/mol. The number of halogens is 2. The predicted molar refractivity (Wildman–Crippen MR) is 85.2 cm³/mol. The minimum absolute atomic E-state index is 0.220. The van der Waals surface area contributed by atoms with Crippen molar-refractivity contribution in [1.29, 1.82) is 0 Å². The molecule has 0 spiro atoms. The van der Waals surface area contributed by atoms with Crippen LogP contribution in [0, 0.1) is 0 Å². The highest BCUT2D eigenvalue weighted by atomic mass is 35.5. The first kappa shape index (κ1) is 15.5. The average molecular weight is 325 g/mol. The Kier molecular flexibility index (Phi) is 4.98. The predicted octanol–water partition coefficient (Wildman–Crippen LogP) is 3.86. The summed E-state index contributed by atoms with van der Waals surface area (Å²) in [5.74, 6) is 0.140. The lowest BCUT2D eigenvalue weighted by Crippen LogP contribution is -2.15. The van der Waals surface area contributed by atoms with Gasteiger partial charge in [-0.1, -0.05) is 23.2 Å². The smallest absolute Gasteiger partial charge is 0.258 e. The van der Waals surface area contributed by atoms with Gasteiger partial charge in [-0.2, -0.15) is 0 Å². The summed E-state index contributed by atoms with van der Waals surface area (Å²) in [5, 5.41) is 6.61. The third kappa shape index (κ3) is 4.31. The van der Waals surface area contributed by atoms with Gasteiger partial charge in [0.2, 0.25) is 5.95 Å². The van der Waals surface area contributed by atoms with Crippen molar-refractivity contribution in [2.75, 3.05) is 10.6 Å². The van der Waals surface area contributed by atoms with Crippen LogP contribution in [0.1, 0.15) is 24.2 Å². The lowest BCUT2D eigenvalue weighted by atomic mass is 10.2. The van der Waals surface area contributed by atoms with E-state index in [0.29, 0.717) is 27.2 Å². The number of benzene rings is 1. The lowest BCUT2D eigenvalue weighted by molar-refractivity contribution is 0.102. The van der Waals surface area contributed by atoms with E-state index in [2.05, 4.69) is 20.6 Å². The number of amides is 1. The second kappa shape index (κ2) is 6.74. The van der Waals surface area contributed by atoms with Crippen molar-refractivity contribution in [3.8, 4) is 0 Å². The van der Waals surface area contributed by atoms with Crippen LogP contribution in [0.25, 0.3) is 0 Å². The van der Waals surface area contributed by atoms with Gasteiger partial charge in [-0.05, 0) is 32.0 Å². The third-order valence-corrected chi connectivity index (χ3v) is 3.06. The van der Waals surface area contributed by atoms with Gasteiger partial charge in [-0.15, -0.1) is 0 Å². The fourth-order valence-electron chi connectivity index (χ4n) is 1.56. The molecule has 0 fully saturated rings. The van der Waals surface area contributed by atoms with E-state index in [1.807, 2.05) is 13.8 Å². The number of anilines is 2. The third-order valence-electron chi connectivity index (χ3n) is 2.51. The Hall–Kier alpha value is -1.85.